The molecule has 3 heteroatoms. The highest BCUT2D eigenvalue weighted by molar-refractivity contribution is 5.72. The van der Waals surface area contributed by atoms with Crippen molar-refractivity contribution >= 4 is 5.97 Å². The molecule has 0 aliphatic heterocycles. The zero-order valence-electron chi connectivity index (χ0n) is 13.1. The Morgan fingerprint density at radius 3 is 2.60 bits per heavy atom. The summed E-state index contributed by atoms with van der Waals surface area (Å²) in [6.45, 7) is 9.06. The molecule has 1 saturated carbocycles. The molecular formula is C17H26O3. The predicted octanol–water partition coefficient (Wildman–Crippen LogP) is 3.92. The van der Waals surface area contributed by atoms with E-state index in [-0.39, 0.29) is 5.97 Å². The van der Waals surface area contributed by atoms with Gasteiger partial charge in [0.15, 0.2) is 0 Å². The number of ether oxygens (including phenoxy) is 2. The third-order valence-electron chi connectivity index (χ3n) is 3.08. The van der Waals surface area contributed by atoms with Crippen LogP contribution < -0.4 is 4.74 Å². The van der Waals surface area contributed by atoms with Crippen LogP contribution in [0.15, 0.2) is 18.2 Å². The molecule has 2 rings (SSSR count). The Kier molecular flexibility index (Phi) is 7.13. The average molecular weight is 278 g/mol. The molecule has 1 aromatic rings. The zero-order chi connectivity index (χ0) is 15.0. The van der Waals surface area contributed by atoms with Crippen molar-refractivity contribution in [1.82, 2.24) is 0 Å². The maximum atomic E-state index is 11.4. The summed E-state index contributed by atoms with van der Waals surface area (Å²) in [6, 6.07) is 5.90. The number of hydrogen-bond acceptors (Lipinski definition) is 3. The van der Waals surface area contributed by atoms with E-state index >= 15 is 0 Å². The van der Waals surface area contributed by atoms with Crippen molar-refractivity contribution in [3.05, 3.63) is 29.3 Å². The van der Waals surface area contributed by atoms with Crippen LogP contribution in [0.4, 0.5) is 0 Å². The zero-order valence-corrected chi connectivity index (χ0v) is 13.1. The highest BCUT2D eigenvalue weighted by atomic mass is 16.5. The SMILES string of the molecule is CC.CCOC(=O)Cc1ccc(C)c(OCC2CC2)c1. The van der Waals surface area contributed by atoms with Gasteiger partial charge in [0.05, 0.1) is 19.6 Å². The number of rotatable bonds is 6. The standard InChI is InChI=1S/C15H20O3.C2H6/c1-3-17-15(16)9-13-5-4-11(2)14(8-13)18-10-12-6-7-12;1-2/h4-5,8,12H,3,6-7,9-10H2,1-2H3;1-2H3. The van der Waals surface area contributed by atoms with E-state index in [9.17, 15) is 4.79 Å². The van der Waals surface area contributed by atoms with Gasteiger partial charge in [0, 0.05) is 0 Å². The summed E-state index contributed by atoms with van der Waals surface area (Å²) in [6.07, 6.45) is 2.87. The van der Waals surface area contributed by atoms with Gasteiger partial charge in [-0.1, -0.05) is 26.0 Å². The second-order valence-corrected chi connectivity index (χ2v) is 4.84. The number of aryl methyl sites for hydroxylation is 1. The van der Waals surface area contributed by atoms with Crippen molar-refractivity contribution in [3.8, 4) is 5.75 Å². The Labute approximate surface area is 122 Å². The fraction of sp³-hybridized carbons (Fsp3) is 0.588. The third kappa shape index (κ3) is 5.64. The van der Waals surface area contributed by atoms with E-state index in [1.807, 2.05) is 45.9 Å². The summed E-state index contributed by atoms with van der Waals surface area (Å²) >= 11 is 0. The molecule has 0 amide bonds. The van der Waals surface area contributed by atoms with Crippen LogP contribution in [-0.4, -0.2) is 19.2 Å². The first kappa shape index (κ1) is 16.5. The molecule has 0 radical (unpaired) electrons. The first-order valence-electron chi connectivity index (χ1n) is 7.57. The molecule has 0 aromatic heterocycles. The van der Waals surface area contributed by atoms with Crippen molar-refractivity contribution in [2.75, 3.05) is 13.2 Å². The second kappa shape index (κ2) is 8.62. The average Bonchev–Trinajstić information content (AvgIpc) is 3.26. The fourth-order valence-corrected chi connectivity index (χ4v) is 1.78. The molecule has 0 N–H and O–H groups in total. The largest absolute Gasteiger partial charge is 0.493 e. The molecule has 0 spiro atoms. The molecule has 3 nitrogen and oxygen atoms in total. The van der Waals surface area contributed by atoms with Gasteiger partial charge in [-0.05, 0) is 49.8 Å². The van der Waals surface area contributed by atoms with Crippen LogP contribution in [0.25, 0.3) is 0 Å². The van der Waals surface area contributed by atoms with Gasteiger partial charge in [-0.15, -0.1) is 0 Å². The lowest BCUT2D eigenvalue weighted by molar-refractivity contribution is -0.142. The van der Waals surface area contributed by atoms with E-state index in [0.29, 0.717) is 13.0 Å². The van der Waals surface area contributed by atoms with Gasteiger partial charge in [0.1, 0.15) is 5.75 Å². The van der Waals surface area contributed by atoms with Crippen LogP contribution in [0.5, 0.6) is 5.75 Å². The molecule has 112 valence electrons. The maximum Gasteiger partial charge on any atom is 0.310 e. The Morgan fingerprint density at radius 1 is 1.30 bits per heavy atom. The minimum Gasteiger partial charge on any atom is -0.493 e. The number of esters is 1. The lowest BCUT2D eigenvalue weighted by Crippen LogP contribution is -2.08. The summed E-state index contributed by atoms with van der Waals surface area (Å²) in [5, 5.41) is 0. The summed E-state index contributed by atoms with van der Waals surface area (Å²) in [7, 11) is 0. The molecule has 0 heterocycles. The van der Waals surface area contributed by atoms with Crippen molar-refractivity contribution in [1.29, 1.82) is 0 Å². The Morgan fingerprint density at radius 2 is 2.00 bits per heavy atom. The van der Waals surface area contributed by atoms with E-state index in [0.717, 1.165) is 29.4 Å². The van der Waals surface area contributed by atoms with E-state index in [4.69, 9.17) is 9.47 Å². The fourth-order valence-electron chi connectivity index (χ4n) is 1.78. The molecule has 0 bridgehead atoms. The molecule has 0 atom stereocenters. The van der Waals surface area contributed by atoms with Gasteiger partial charge in [0.25, 0.3) is 0 Å². The number of carbonyl (C=O) groups excluding carboxylic acids is 1. The maximum absolute atomic E-state index is 11.4. The van der Waals surface area contributed by atoms with Crippen molar-refractivity contribution in [3.63, 3.8) is 0 Å². The summed E-state index contributed by atoms with van der Waals surface area (Å²) < 4.78 is 10.7. The Balaban J connectivity index is 0.000000956. The van der Waals surface area contributed by atoms with E-state index in [2.05, 4.69) is 0 Å². The Bertz CT molecular complexity index is 422. The minimum absolute atomic E-state index is 0.186. The summed E-state index contributed by atoms with van der Waals surface area (Å²) in [5.74, 6) is 1.44. The normalized spacial score (nSPS) is 13.2. The highest BCUT2D eigenvalue weighted by Crippen LogP contribution is 2.30. The van der Waals surface area contributed by atoms with E-state index < -0.39 is 0 Å². The molecule has 1 aliphatic carbocycles. The van der Waals surface area contributed by atoms with Crippen LogP contribution in [-0.2, 0) is 16.0 Å². The van der Waals surface area contributed by atoms with Crippen LogP contribution in [0, 0.1) is 12.8 Å². The van der Waals surface area contributed by atoms with Crippen molar-refractivity contribution in [2.24, 2.45) is 5.92 Å². The van der Waals surface area contributed by atoms with Crippen LogP contribution in [0.2, 0.25) is 0 Å². The highest BCUT2D eigenvalue weighted by Gasteiger charge is 2.22. The molecule has 20 heavy (non-hydrogen) atoms. The van der Waals surface area contributed by atoms with Gasteiger partial charge in [0.2, 0.25) is 0 Å². The van der Waals surface area contributed by atoms with Gasteiger partial charge in [-0.3, -0.25) is 4.79 Å². The number of benzene rings is 1. The third-order valence-corrected chi connectivity index (χ3v) is 3.08. The summed E-state index contributed by atoms with van der Waals surface area (Å²) in [5.41, 5.74) is 2.06. The quantitative estimate of drug-likeness (QED) is 0.740. The van der Waals surface area contributed by atoms with Crippen molar-refractivity contribution < 1.29 is 14.3 Å². The van der Waals surface area contributed by atoms with Crippen molar-refractivity contribution in [2.45, 2.75) is 47.0 Å². The van der Waals surface area contributed by atoms with E-state index in [1.54, 1.807) is 0 Å². The lowest BCUT2D eigenvalue weighted by Gasteiger charge is -2.10. The first-order valence-corrected chi connectivity index (χ1v) is 7.57. The minimum atomic E-state index is -0.186. The summed E-state index contributed by atoms with van der Waals surface area (Å²) in [4.78, 5) is 11.4. The predicted molar refractivity (Wildman–Crippen MR) is 81.1 cm³/mol. The van der Waals surface area contributed by atoms with E-state index in [1.165, 1.54) is 12.8 Å². The smallest absolute Gasteiger partial charge is 0.310 e. The number of carbonyl (C=O) groups is 1. The monoisotopic (exact) mass is 278 g/mol. The van der Waals surface area contributed by atoms with Crippen LogP contribution in [0.3, 0.4) is 0 Å². The van der Waals surface area contributed by atoms with Gasteiger partial charge in [-0.2, -0.15) is 0 Å². The first-order chi connectivity index (χ1) is 9.69. The van der Waals surface area contributed by atoms with Gasteiger partial charge in [-0.25, -0.2) is 0 Å². The van der Waals surface area contributed by atoms with Crippen LogP contribution >= 0.6 is 0 Å². The van der Waals surface area contributed by atoms with Crippen LogP contribution in [0.1, 0.15) is 44.7 Å². The Hall–Kier alpha value is -1.51. The molecule has 1 aliphatic rings. The van der Waals surface area contributed by atoms with Gasteiger partial charge >= 0.3 is 5.97 Å². The number of hydrogen-bond donors (Lipinski definition) is 0. The second-order valence-electron chi connectivity index (χ2n) is 4.84. The molecule has 1 aromatic carbocycles. The molecule has 0 saturated heterocycles. The lowest BCUT2D eigenvalue weighted by atomic mass is 10.1. The molecule has 0 unspecified atom stereocenters. The molecule has 1 fully saturated rings. The molecular weight excluding hydrogens is 252 g/mol. The topological polar surface area (TPSA) is 35.5 Å². The van der Waals surface area contributed by atoms with Gasteiger partial charge < -0.3 is 9.47 Å².